The molecule has 0 aliphatic carbocycles. The summed E-state index contributed by atoms with van der Waals surface area (Å²) in [6.45, 7) is 2.24. The molecule has 0 saturated heterocycles. The lowest BCUT2D eigenvalue weighted by molar-refractivity contribution is -0.108. The molecule has 1 unspecified atom stereocenters. The minimum Gasteiger partial charge on any atom is -0.486 e. The second kappa shape index (κ2) is 4.69. The van der Waals surface area contributed by atoms with Crippen LogP contribution in [0.1, 0.15) is 24.8 Å². The van der Waals surface area contributed by atoms with Crippen molar-refractivity contribution in [2.45, 2.75) is 19.3 Å². The minimum absolute atomic E-state index is 0.0757. The molecule has 3 nitrogen and oxygen atoms in total. The largest absolute Gasteiger partial charge is 0.486 e. The van der Waals surface area contributed by atoms with Crippen LogP contribution in [-0.2, 0) is 4.79 Å². The van der Waals surface area contributed by atoms with Gasteiger partial charge in [-0.2, -0.15) is 0 Å². The van der Waals surface area contributed by atoms with Gasteiger partial charge in [0, 0.05) is 18.1 Å². The predicted octanol–water partition coefficient (Wildman–Crippen LogP) is 2.43. The van der Waals surface area contributed by atoms with Crippen LogP contribution in [0.5, 0.6) is 11.5 Å². The fraction of sp³-hybridized carbons (Fsp3) is 0.417. The van der Waals surface area contributed by atoms with Crippen LogP contribution in [0, 0.1) is 11.6 Å². The highest BCUT2D eigenvalue weighted by Crippen LogP contribution is 2.41. The van der Waals surface area contributed by atoms with Crippen LogP contribution in [0.4, 0.5) is 8.78 Å². The van der Waals surface area contributed by atoms with Crippen molar-refractivity contribution in [3.8, 4) is 11.5 Å². The van der Waals surface area contributed by atoms with E-state index in [-0.39, 0.29) is 23.5 Å². The van der Waals surface area contributed by atoms with Crippen LogP contribution in [0.3, 0.4) is 0 Å². The third-order valence-corrected chi connectivity index (χ3v) is 2.70. The van der Waals surface area contributed by atoms with Gasteiger partial charge >= 0.3 is 0 Å². The Morgan fingerprint density at radius 2 is 2.12 bits per heavy atom. The van der Waals surface area contributed by atoms with E-state index < -0.39 is 17.6 Å². The maximum Gasteiger partial charge on any atom is 0.167 e. The summed E-state index contributed by atoms with van der Waals surface area (Å²) in [6.07, 6.45) is 0.779. The Hall–Kier alpha value is -1.65. The number of carbonyl (C=O) groups is 1. The van der Waals surface area contributed by atoms with Crippen LogP contribution >= 0.6 is 0 Å². The Kier molecular flexibility index (Phi) is 3.26. The van der Waals surface area contributed by atoms with Crippen LogP contribution in [0.15, 0.2) is 6.07 Å². The second-order valence-electron chi connectivity index (χ2n) is 3.91. The first-order chi connectivity index (χ1) is 8.15. The van der Waals surface area contributed by atoms with Crippen LogP contribution < -0.4 is 9.47 Å². The maximum atomic E-state index is 13.7. The fourth-order valence-corrected chi connectivity index (χ4v) is 1.86. The monoisotopic (exact) mass is 242 g/mol. The Bertz CT molecular complexity index is 446. The molecule has 2 rings (SSSR count). The Labute approximate surface area is 97.3 Å². The van der Waals surface area contributed by atoms with Crippen molar-refractivity contribution in [1.82, 2.24) is 0 Å². The summed E-state index contributed by atoms with van der Waals surface area (Å²) in [5.41, 5.74) is 0.0757. The zero-order chi connectivity index (χ0) is 12.4. The number of carbonyl (C=O) groups excluding carboxylic acids is 1. The first kappa shape index (κ1) is 11.8. The molecule has 0 saturated carbocycles. The minimum atomic E-state index is -0.984. The molecule has 0 N–H and O–H groups in total. The lowest BCUT2D eigenvalue weighted by Gasteiger charge is -2.23. The molecule has 92 valence electrons. The zero-order valence-electron chi connectivity index (χ0n) is 9.33. The summed E-state index contributed by atoms with van der Waals surface area (Å²) in [6, 6.07) is 0.973. The van der Waals surface area contributed by atoms with Gasteiger partial charge in [0.15, 0.2) is 23.1 Å². The fourth-order valence-electron chi connectivity index (χ4n) is 1.86. The molecule has 0 radical (unpaired) electrons. The van der Waals surface area contributed by atoms with Gasteiger partial charge in [0.1, 0.15) is 19.5 Å². The summed E-state index contributed by atoms with van der Waals surface area (Å²) in [4.78, 5) is 10.5. The van der Waals surface area contributed by atoms with E-state index in [4.69, 9.17) is 9.47 Å². The average Bonchev–Trinajstić information content (AvgIpc) is 2.31. The topological polar surface area (TPSA) is 35.5 Å². The normalized spacial score (nSPS) is 15.5. The third kappa shape index (κ3) is 2.09. The van der Waals surface area contributed by atoms with E-state index in [0.717, 1.165) is 6.07 Å². The quantitative estimate of drug-likeness (QED) is 0.763. The number of fused-ring (bicyclic) bond motifs is 1. The van der Waals surface area contributed by atoms with Gasteiger partial charge in [-0.25, -0.2) is 8.78 Å². The summed E-state index contributed by atoms with van der Waals surface area (Å²) in [5, 5.41) is 0. The zero-order valence-corrected chi connectivity index (χ0v) is 9.33. The van der Waals surface area contributed by atoms with E-state index >= 15 is 0 Å². The highest BCUT2D eigenvalue weighted by atomic mass is 19.2. The van der Waals surface area contributed by atoms with Crippen LogP contribution in [0.25, 0.3) is 0 Å². The lowest BCUT2D eigenvalue weighted by Crippen LogP contribution is -2.18. The summed E-state index contributed by atoms with van der Waals surface area (Å²) >= 11 is 0. The van der Waals surface area contributed by atoms with Gasteiger partial charge in [-0.3, -0.25) is 0 Å². The molecule has 0 fully saturated rings. The number of ether oxygens (including phenoxy) is 2. The lowest BCUT2D eigenvalue weighted by atomic mass is 9.96. The summed E-state index contributed by atoms with van der Waals surface area (Å²) < 4.78 is 37.6. The van der Waals surface area contributed by atoms with E-state index in [0.29, 0.717) is 19.5 Å². The number of halogens is 2. The molecule has 1 aliphatic heterocycles. The predicted molar refractivity (Wildman–Crippen MR) is 56.4 cm³/mol. The molecule has 0 bridgehead atoms. The van der Waals surface area contributed by atoms with Gasteiger partial charge in [0.05, 0.1) is 0 Å². The van der Waals surface area contributed by atoms with Gasteiger partial charge in [0.25, 0.3) is 0 Å². The molecule has 1 heterocycles. The SMILES string of the molecule is CC(CC=O)c1c(F)c(F)cc2c1OCCO2. The molecular formula is C12H12F2O3. The maximum absolute atomic E-state index is 13.7. The summed E-state index contributed by atoms with van der Waals surface area (Å²) in [5.74, 6) is -1.99. The van der Waals surface area contributed by atoms with Gasteiger partial charge in [0.2, 0.25) is 0 Å². The molecule has 1 aliphatic rings. The van der Waals surface area contributed by atoms with Gasteiger partial charge in [-0.15, -0.1) is 0 Å². The van der Waals surface area contributed by atoms with Crippen LogP contribution in [0.2, 0.25) is 0 Å². The third-order valence-electron chi connectivity index (χ3n) is 2.70. The smallest absolute Gasteiger partial charge is 0.167 e. The second-order valence-corrected chi connectivity index (χ2v) is 3.91. The van der Waals surface area contributed by atoms with Crippen molar-refractivity contribution in [2.24, 2.45) is 0 Å². The molecular weight excluding hydrogens is 230 g/mol. The van der Waals surface area contributed by atoms with Gasteiger partial charge in [-0.1, -0.05) is 6.92 Å². The van der Waals surface area contributed by atoms with E-state index in [1.807, 2.05) is 0 Å². The highest BCUT2D eigenvalue weighted by Gasteiger charge is 2.26. The van der Waals surface area contributed by atoms with Crippen LogP contribution in [-0.4, -0.2) is 19.5 Å². The van der Waals surface area contributed by atoms with Gasteiger partial charge in [-0.05, 0) is 5.92 Å². The van der Waals surface area contributed by atoms with Crippen molar-refractivity contribution in [1.29, 1.82) is 0 Å². The molecule has 5 heteroatoms. The molecule has 0 aromatic heterocycles. The van der Waals surface area contributed by atoms with Gasteiger partial charge < -0.3 is 14.3 Å². The Balaban J connectivity index is 2.54. The molecule has 1 aromatic rings. The van der Waals surface area contributed by atoms with E-state index in [1.165, 1.54) is 0 Å². The molecule has 0 spiro atoms. The van der Waals surface area contributed by atoms with E-state index in [2.05, 4.69) is 0 Å². The first-order valence-electron chi connectivity index (χ1n) is 5.36. The molecule has 17 heavy (non-hydrogen) atoms. The average molecular weight is 242 g/mol. The first-order valence-corrected chi connectivity index (χ1v) is 5.36. The number of hydrogen-bond acceptors (Lipinski definition) is 3. The van der Waals surface area contributed by atoms with Crippen molar-refractivity contribution >= 4 is 6.29 Å². The Morgan fingerprint density at radius 1 is 1.41 bits per heavy atom. The van der Waals surface area contributed by atoms with E-state index in [1.54, 1.807) is 6.92 Å². The number of rotatable bonds is 3. The standard InChI is InChI=1S/C12H12F2O3/c1-7(2-3-15)10-11(14)8(13)6-9-12(10)17-5-4-16-9/h3,6-7H,2,4-5H2,1H3. The Morgan fingerprint density at radius 3 is 2.82 bits per heavy atom. The molecule has 0 amide bonds. The van der Waals surface area contributed by atoms with Crippen molar-refractivity contribution in [2.75, 3.05) is 13.2 Å². The molecule has 1 atom stereocenters. The number of aldehydes is 1. The van der Waals surface area contributed by atoms with Crippen molar-refractivity contribution in [3.05, 3.63) is 23.3 Å². The summed E-state index contributed by atoms with van der Waals surface area (Å²) in [7, 11) is 0. The molecule has 1 aromatic carbocycles. The van der Waals surface area contributed by atoms with Crippen molar-refractivity contribution < 1.29 is 23.0 Å². The number of benzene rings is 1. The highest BCUT2D eigenvalue weighted by molar-refractivity contribution is 5.55. The van der Waals surface area contributed by atoms with E-state index in [9.17, 15) is 13.6 Å². The van der Waals surface area contributed by atoms with Crippen molar-refractivity contribution in [3.63, 3.8) is 0 Å². The number of hydrogen-bond donors (Lipinski definition) is 0.